The monoisotopic (exact) mass is 512 g/mol. The Bertz CT molecular complexity index is 903. The zero-order valence-corrected chi connectivity index (χ0v) is 19.4. The summed E-state index contributed by atoms with van der Waals surface area (Å²) in [6.45, 7) is 2.20. The van der Waals surface area contributed by atoms with Crippen molar-refractivity contribution in [2.45, 2.75) is 19.6 Å². The molecule has 28 heavy (non-hydrogen) atoms. The minimum Gasteiger partial charge on any atom is -0.352 e. The quantitative estimate of drug-likeness (QED) is 0.311. The van der Waals surface area contributed by atoms with Gasteiger partial charge >= 0.3 is 0 Å². The van der Waals surface area contributed by atoms with E-state index in [0.717, 1.165) is 29.8 Å². The van der Waals surface area contributed by atoms with Crippen LogP contribution < -0.4 is 5.32 Å². The van der Waals surface area contributed by atoms with Crippen molar-refractivity contribution in [2.24, 2.45) is 12.0 Å². The van der Waals surface area contributed by atoms with Gasteiger partial charge in [0.05, 0.1) is 18.1 Å². The summed E-state index contributed by atoms with van der Waals surface area (Å²) in [5.74, 6) is 0.838. The Labute approximate surface area is 188 Å². The van der Waals surface area contributed by atoms with E-state index in [4.69, 9.17) is 11.6 Å². The Kier molecular flexibility index (Phi) is 8.37. The molecule has 0 saturated heterocycles. The van der Waals surface area contributed by atoms with Crippen LogP contribution in [-0.4, -0.2) is 39.3 Å². The highest BCUT2D eigenvalue weighted by Gasteiger charge is 2.10. The van der Waals surface area contributed by atoms with Crippen molar-refractivity contribution in [2.75, 3.05) is 14.1 Å². The molecule has 3 aromatic rings. The summed E-state index contributed by atoms with van der Waals surface area (Å²) in [4.78, 5) is 6.48. The Hall–Kier alpha value is -2.00. The van der Waals surface area contributed by atoms with Crippen molar-refractivity contribution in [3.63, 3.8) is 0 Å². The number of rotatable bonds is 6. The molecular weight excluding hydrogens is 487 g/mol. The molecule has 0 radical (unpaired) electrons. The summed E-state index contributed by atoms with van der Waals surface area (Å²) < 4.78 is 3.95. The van der Waals surface area contributed by atoms with Crippen LogP contribution in [0.15, 0.2) is 60.0 Å². The highest BCUT2D eigenvalue weighted by Crippen LogP contribution is 2.14. The van der Waals surface area contributed by atoms with Gasteiger partial charge in [0.2, 0.25) is 0 Å². The lowest BCUT2D eigenvalue weighted by molar-refractivity contribution is 0.461. The zero-order chi connectivity index (χ0) is 19.2. The first-order valence-corrected chi connectivity index (χ1v) is 9.20. The van der Waals surface area contributed by atoms with Gasteiger partial charge in [-0.3, -0.25) is 9.67 Å². The lowest BCUT2D eigenvalue weighted by atomic mass is 10.1. The summed E-state index contributed by atoms with van der Waals surface area (Å²) in [5.41, 5.74) is 3.56. The van der Waals surface area contributed by atoms with Crippen LogP contribution in [0.5, 0.6) is 0 Å². The lowest BCUT2D eigenvalue weighted by Crippen LogP contribution is -2.38. The molecule has 0 aliphatic rings. The van der Waals surface area contributed by atoms with Gasteiger partial charge in [0.25, 0.3) is 0 Å². The predicted octanol–water partition coefficient (Wildman–Crippen LogP) is 3.75. The number of benzene rings is 1. The van der Waals surface area contributed by atoms with E-state index in [1.807, 2.05) is 47.9 Å². The molecule has 0 unspecified atom stereocenters. The topological polar surface area (TPSA) is 50.4 Å². The molecule has 0 saturated carbocycles. The second kappa shape index (κ2) is 10.5. The number of nitrogens with one attached hydrogen (secondary N) is 1. The molecule has 0 spiro atoms. The number of hydrogen-bond acceptors (Lipinski definition) is 2. The molecule has 3 rings (SSSR count). The first-order chi connectivity index (χ1) is 13.0. The molecule has 150 valence electrons. The first kappa shape index (κ1) is 22.3. The second-order valence-electron chi connectivity index (χ2n) is 6.54. The largest absolute Gasteiger partial charge is 0.352 e. The SMILES string of the molecule is CN=C(NCc1cccc(Cn2cccn2)c1)N(C)Cc1cc(Cl)cn1C.I. The van der Waals surface area contributed by atoms with E-state index in [9.17, 15) is 0 Å². The van der Waals surface area contributed by atoms with Crippen LogP contribution in [0.25, 0.3) is 0 Å². The maximum atomic E-state index is 6.08. The van der Waals surface area contributed by atoms with Crippen LogP contribution in [0.1, 0.15) is 16.8 Å². The highest BCUT2D eigenvalue weighted by atomic mass is 127. The van der Waals surface area contributed by atoms with Crippen molar-refractivity contribution in [1.29, 1.82) is 0 Å². The lowest BCUT2D eigenvalue weighted by Gasteiger charge is -2.22. The number of aryl methyl sites for hydroxylation is 1. The summed E-state index contributed by atoms with van der Waals surface area (Å²) in [5, 5.41) is 8.44. The Balaban J connectivity index is 0.00000280. The summed E-state index contributed by atoms with van der Waals surface area (Å²) in [7, 11) is 5.81. The van der Waals surface area contributed by atoms with Crippen LogP contribution in [-0.2, 0) is 26.7 Å². The predicted molar refractivity (Wildman–Crippen MR) is 125 cm³/mol. The number of guanidine groups is 1. The standard InChI is InChI=1S/C20H25ClN6.HI/c1-22-20(26(3)15-19-11-18(21)14-25(19)2)23-12-16-6-4-7-17(10-16)13-27-9-5-8-24-27;/h4-11,14H,12-13,15H2,1-3H3,(H,22,23);1H. The molecule has 0 atom stereocenters. The first-order valence-electron chi connectivity index (χ1n) is 8.83. The third-order valence-electron chi connectivity index (χ3n) is 4.39. The number of aliphatic imine (C=N–C) groups is 1. The molecule has 0 aliphatic heterocycles. The molecule has 8 heteroatoms. The minimum atomic E-state index is 0. The normalized spacial score (nSPS) is 11.2. The van der Waals surface area contributed by atoms with Crippen LogP contribution in [0.2, 0.25) is 5.02 Å². The Morgan fingerprint density at radius 2 is 2.04 bits per heavy atom. The number of halogens is 2. The van der Waals surface area contributed by atoms with Gasteiger partial charge in [-0.2, -0.15) is 5.10 Å². The van der Waals surface area contributed by atoms with Crippen LogP contribution >= 0.6 is 35.6 Å². The molecule has 0 fully saturated rings. The number of nitrogens with zero attached hydrogens (tertiary/aromatic N) is 5. The van der Waals surface area contributed by atoms with E-state index in [0.29, 0.717) is 6.54 Å². The summed E-state index contributed by atoms with van der Waals surface area (Å²) in [6, 6.07) is 12.4. The molecule has 6 nitrogen and oxygen atoms in total. The van der Waals surface area contributed by atoms with E-state index in [1.54, 1.807) is 13.2 Å². The molecule has 2 aromatic heterocycles. The van der Waals surface area contributed by atoms with Crippen molar-refractivity contribution < 1.29 is 0 Å². The third-order valence-corrected chi connectivity index (χ3v) is 4.60. The smallest absolute Gasteiger partial charge is 0.194 e. The van der Waals surface area contributed by atoms with Crippen LogP contribution in [0.3, 0.4) is 0 Å². The Morgan fingerprint density at radius 3 is 2.68 bits per heavy atom. The van der Waals surface area contributed by atoms with E-state index in [1.165, 1.54) is 11.1 Å². The van der Waals surface area contributed by atoms with Gasteiger partial charge in [-0.25, -0.2) is 0 Å². The summed E-state index contributed by atoms with van der Waals surface area (Å²) in [6.07, 6.45) is 5.68. The minimum absolute atomic E-state index is 0. The molecule has 1 N–H and O–H groups in total. The maximum absolute atomic E-state index is 6.08. The van der Waals surface area contributed by atoms with E-state index < -0.39 is 0 Å². The fraction of sp³-hybridized carbons (Fsp3) is 0.300. The van der Waals surface area contributed by atoms with Gasteiger partial charge in [0.1, 0.15) is 0 Å². The molecule has 0 aliphatic carbocycles. The molecule has 0 amide bonds. The maximum Gasteiger partial charge on any atom is 0.194 e. The van der Waals surface area contributed by atoms with Gasteiger partial charge in [0, 0.05) is 52.0 Å². The van der Waals surface area contributed by atoms with Gasteiger partial charge in [-0.1, -0.05) is 35.9 Å². The third kappa shape index (κ3) is 6.00. The van der Waals surface area contributed by atoms with Gasteiger partial charge in [0.15, 0.2) is 5.96 Å². The average Bonchev–Trinajstić information content (AvgIpc) is 3.25. The van der Waals surface area contributed by atoms with Crippen molar-refractivity contribution in [1.82, 2.24) is 24.6 Å². The van der Waals surface area contributed by atoms with Gasteiger partial charge in [-0.05, 0) is 23.3 Å². The van der Waals surface area contributed by atoms with Crippen LogP contribution in [0, 0.1) is 0 Å². The number of aromatic nitrogens is 3. The van der Waals surface area contributed by atoms with Crippen molar-refractivity contribution >= 4 is 41.5 Å². The fourth-order valence-electron chi connectivity index (χ4n) is 3.03. The van der Waals surface area contributed by atoms with Gasteiger partial charge < -0.3 is 14.8 Å². The Morgan fingerprint density at radius 1 is 1.25 bits per heavy atom. The summed E-state index contributed by atoms with van der Waals surface area (Å²) >= 11 is 6.08. The van der Waals surface area contributed by atoms with E-state index in [2.05, 4.69) is 44.6 Å². The van der Waals surface area contributed by atoms with Crippen molar-refractivity contribution in [3.05, 3.63) is 76.8 Å². The average molecular weight is 513 g/mol. The number of hydrogen-bond donors (Lipinski definition) is 1. The van der Waals surface area contributed by atoms with Crippen LogP contribution in [0.4, 0.5) is 0 Å². The second-order valence-corrected chi connectivity index (χ2v) is 6.98. The van der Waals surface area contributed by atoms with E-state index >= 15 is 0 Å². The molecular formula is C20H26ClIN6. The highest BCUT2D eigenvalue weighted by molar-refractivity contribution is 14.0. The molecule has 2 heterocycles. The molecule has 0 bridgehead atoms. The zero-order valence-electron chi connectivity index (χ0n) is 16.3. The van der Waals surface area contributed by atoms with Crippen molar-refractivity contribution in [3.8, 4) is 0 Å². The molecule has 1 aromatic carbocycles. The van der Waals surface area contributed by atoms with Gasteiger partial charge in [-0.15, -0.1) is 24.0 Å². The van der Waals surface area contributed by atoms with E-state index in [-0.39, 0.29) is 24.0 Å². The fourth-order valence-corrected chi connectivity index (χ4v) is 3.30.